The van der Waals surface area contributed by atoms with Crippen molar-refractivity contribution in [1.82, 2.24) is 10.3 Å². The van der Waals surface area contributed by atoms with Crippen LogP contribution < -0.4 is 5.32 Å². The fourth-order valence-corrected chi connectivity index (χ4v) is 2.62. The Morgan fingerprint density at radius 2 is 2.28 bits per heavy atom. The van der Waals surface area contributed by atoms with Gasteiger partial charge in [-0.25, -0.2) is 4.39 Å². The number of halogens is 1. The molecule has 1 atom stereocenters. The molecule has 0 fully saturated rings. The predicted octanol–water partition coefficient (Wildman–Crippen LogP) is 3.57. The Labute approximate surface area is 111 Å². The van der Waals surface area contributed by atoms with Crippen LogP contribution in [0.25, 0.3) is 0 Å². The molecule has 1 unspecified atom stereocenters. The number of hydrogen-bond acceptors (Lipinski definition) is 3. The normalized spacial score (nSPS) is 12.6. The molecule has 0 spiro atoms. The van der Waals surface area contributed by atoms with Crippen LogP contribution in [-0.4, -0.2) is 11.5 Å². The number of nitrogens with one attached hydrogen (secondary N) is 1. The smallest absolute Gasteiger partial charge is 0.146 e. The van der Waals surface area contributed by atoms with E-state index in [0.29, 0.717) is 5.69 Å². The third-order valence-electron chi connectivity index (χ3n) is 2.74. The van der Waals surface area contributed by atoms with Crippen LogP contribution in [-0.2, 0) is 6.42 Å². The number of aromatic nitrogens is 1. The molecule has 0 saturated heterocycles. The van der Waals surface area contributed by atoms with Crippen LogP contribution in [0.5, 0.6) is 0 Å². The van der Waals surface area contributed by atoms with Gasteiger partial charge in [-0.1, -0.05) is 13.0 Å². The first-order valence-corrected chi connectivity index (χ1v) is 7.05. The first-order valence-electron chi connectivity index (χ1n) is 6.17. The van der Waals surface area contributed by atoms with Gasteiger partial charge in [-0.05, 0) is 36.5 Å². The Morgan fingerprint density at radius 1 is 1.39 bits per heavy atom. The van der Waals surface area contributed by atoms with Gasteiger partial charge in [0.1, 0.15) is 5.82 Å². The minimum Gasteiger partial charge on any atom is -0.308 e. The van der Waals surface area contributed by atoms with Crippen molar-refractivity contribution in [2.45, 2.75) is 25.8 Å². The monoisotopic (exact) mass is 264 g/mol. The summed E-state index contributed by atoms with van der Waals surface area (Å²) in [5.74, 6) is -0.234. The molecule has 0 amide bonds. The second-order valence-electron chi connectivity index (χ2n) is 4.16. The van der Waals surface area contributed by atoms with E-state index in [4.69, 9.17) is 0 Å². The molecular formula is C14H17FN2S. The summed E-state index contributed by atoms with van der Waals surface area (Å²) in [4.78, 5) is 5.42. The minimum absolute atomic E-state index is 0.0511. The Bertz CT molecular complexity index is 470. The van der Waals surface area contributed by atoms with Gasteiger partial charge in [-0.15, -0.1) is 11.3 Å². The van der Waals surface area contributed by atoms with Gasteiger partial charge < -0.3 is 5.32 Å². The van der Waals surface area contributed by atoms with E-state index in [0.717, 1.165) is 19.4 Å². The van der Waals surface area contributed by atoms with Crippen LogP contribution in [0.15, 0.2) is 35.8 Å². The molecule has 4 heteroatoms. The minimum atomic E-state index is -0.234. The van der Waals surface area contributed by atoms with Crippen molar-refractivity contribution in [2.24, 2.45) is 0 Å². The SMILES string of the molecule is CCCNC(Cc1cccs1)c1ncccc1F. The van der Waals surface area contributed by atoms with Crippen molar-refractivity contribution < 1.29 is 4.39 Å². The lowest BCUT2D eigenvalue weighted by Crippen LogP contribution is -2.25. The van der Waals surface area contributed by atoms with E-state index >= 15 is 0 Å². The quantitative estimate of drug-likeness (QED) is 0.863. The van der Waals surface area contributed by atoms with Gasteiger partial charge in [-0.2, -0.15) is 0 Å². The van der Waals surface area contributed by atoms with E-state index in [-0.39, 0.29) is 11.9 Å². The molecule has 0 saturated carbocycles. The van der Waals surface area contributed by atoms with Crippen molar-refractivity contribution in [1.29, 1.82) is 0 Å². The fourth-order valence-electron chi connectivity index (χ4n) is 1.87. The zero-order valence-corrected chi connectivity index (χ0v) is 11.2. The fraction of sp³-hybridized carbons (Fsp3) is 0.357. The van der Waals surface area contributed by atoms with Crippen molar-refractivity contribution in [3.8, 4) is 0 Å². The van der Waals surface area contributed by atoms with Crippen molar-refractivity contribution in [2.75, 3.05) is 6.54 Å². The van der Waals surface area contributed by atoms with E-state index in [1.54, 1.807) is 23.6 Å². The first kappa shape index (κ1) is 13.2. The van der Waals surface area contributed by atoms with Crippen LogP contribution in [0.3, 0.4) is 0 Å². The second kappa shape index (κ2) is 6.61. The van der Waals surface area contributed by atoms with Gasteiger partial charge >= 0.3 is 0 Å². The van der Waals surface area contributed by atoms with E-state index in [1.165, 1.54) is 10.9 Å². The molecule has 0 radical (unpaired) electrons. The van der Waals surface area contributed by atoms with E-state index in [1.807, 2.05) is 11.4 Å². The Morgan fingerprint density at radius 3 is 2.94 bits per heavy atom. The van der Waals surface area contributed by atoms with Crippen LogP contribution in [0.4, 0.5) is 4.39 Å². The van der Waals surface area contributed by atoms with E-state index in [9.17, 15) is 4.39 Å². The highest BCUT2D eigenvalue weighted by Gasteiger charge is 2.17. The third-order valence-corrected chi connectivity index (χ3v) is 3.64. The summed E-state index contributed by atoms with van der Waals surface area (Å²) in [7, 11) is 0. The number of thiophene rings is 1. The molecular weight excluding hydrogens is 247 g/mol. The van der Waals surface area contributed by atoms with Crippen molar-refractivity contribution in [3.63, 3.8) is 0 Å². The highest BCUT2D eigenvalue weighted by atomic mass is 32.1. The average molecular weight is 264 g/mol. The molecule has 0 aromatic carbocycles. The number of rotatable bonds is 6. The Balaban J connectivity index is 2.16. The molecule has 2 heterocycles. The van der Waals surface area contributed by atoms with Gasteiger partial charge in [-0.3, -0.25) is 4.98 Å². The van der Waals surface area contributed by atoms with E-state index < -0.39 is 0 Å². The zero-order chi connectivity index (χ0) is 12.8. The molecule has 2 nitrogen and oxygen atoms in total. The maximum atomic E-state index is 13.8. The van der Waals surface area contributed by atoms with Crippen LogP contribution in [0.2, 0.25) is 0 Å². The molecule has 0 aliphatic rings. The summed E-state index contributed by atoms with van der Waals surface area (Å²) in [6.45, 7) is 2.97. The molecule has 0 aliphatic carbocycles. The Kier molecular flexibility index (Phi) is 4.84. The molecule has 96 valence electrons. The van der Waals surface area contributed by atoms with E-state index in [2.05, 4.69) is 23.3 Å². The lowest BCUT2D eigenvalue weighted by molar-refractivity contribution is 0.485. The maximum absolute atomic E-state index is 13.8. The summed E-state index contributed by atoms with van der Waals surface area (Å²) in [6, 6.07) is 7.14. The summed E-state index contributed by atoms with van der Waals surface area (Å²) in [5.41, 5.74) is 0.513. The highest BCUT2D eigenvalue weighted by molar-refractivity contribution is 7.09. The lowest BCUT2D eigenvalue weighted by Gasteiger charge is -2.17. The molecule has 2 aromatic heterocycles. The molecule has 2 aromatic rings. The maximum Gasteiger partial charge on any atom is 0.146 e. The van der Waals surface area contributed by atoms with Crippen LogP contribution >= 0.6 is 11.3 Å². The standard InChI is InChI=1S/C14H17FN2S/c1-2-7-16-13(10-11-5-4-9-18-11)14-12(15)6-3-8-17-14/h3-6,8-9,13,16H,2,7,10H2,1H3. The molecule has 0 bridgehead atoms. The molecule has 18 heavy (non-hydrogen) atoms. The van der Waals surface area contributed by atoms with Crippen molar-refractivity contribution >= 4 is 11.3 Å². The zero-order valence-electron chi connectivity index (χ0n) is 10.4. The van der Waals surface area contributed by atoms with Gasteiger partial charge in [0.25, 0.3) is 0 Å². The van der Waals surface area contributed by atoms with Crippen LogP contribution in [0.1, 0.15) is 30.0 Å². The first-order chi connectivity index (χ1) is 8.81. The summed E-state index contributed by atoms with van der Waals surface area (Å²) < 4.78 is 13.8. The highest BCUT2D eigenvalue weighted by Crippen LogP contribution is 2.21. The second-order valence-corrected chi connectivity index (χ2v) is 5.19. The predicted molar refractivity (Wildman–Crippen MR) is 73.3 cm³/mol. The number of pyridine rings is 1. The van der Waals surface area contributed by atoms with Gasteiger partial charge in [0.05, 0.1) is 11.7 Å². The van der Waals surface area contributed by atoms with Crippen molar-refractivity contribution in [3.05, 3.63) is 52.2 Å². The topological polar surface area (TPSA) is 24.9 Å². The number of nitrogens with zero attached hydrogens (tertiary/aromatic N) is 1. The molecule has 0 aliphatic heterocycles. The summed E-state index contributed by atoms with van der Waals surface area (Å²) >= 11 is 1.70. The molecule has 2 rings (SSSR count). The largest absolute Gasteiger partial charge is 0.308 e. The number of hydrogen-bond donors (Lipinski definition) is 1. The van der Waals surface area contributed by atoms with Crippen LogP contribution in [0, 0.1) is 5.82 Å². The average Bonchev–Trinajstić information content (AvgIpc) is 2.88. The lowest BCUT2D eigenvalue weighted by atomic mass is 10.1. The van der Waals surface area contributed by atoms with Gasteiger partial charge in [0, 0.05) is 17.5 Å². The molecule has 1 N–H and O–H groups in total. The van der Waals surface area contributed by atoms with Gasteiger partial charge in [0.15, 0.2) is 0 Å². The third kappa shape index (κ3) is 3.37. The summed E-state index contributed by atoms with van der Waals surface area (Å²) in [5, 5.41) is 5.41. The summed E-state index contributed by atoms with van der Waals surface area (Å²) in [6.07, 6.45) is 3.45. The Hall–Kier alpha value is -1.26. The van der Waals surface area contributed by atoms with Gasteiger partial charge in [0.2, 0.25) is 0 Å².